The van der Waals surface area contributed by atoms with Gasteiger partial charge in [-0.3, -0.25) is 4.79 Å². The monoisotopic (exact) mass is 271 g/mol. The SMILES string of the molecule is C=CCn1ncc(NCC(O)CCC)c(Cl)c1=O. The lowest BCUT2D eigenvalue weighted by atomic mass is 10.2. The third kappa shape index (κ3) is 3.85. The van der Waals surface area contributed by atoms with Gasteiger partial charge in [-0.2, -0.15) is 5.10 Å². The molecule has 0 bridgehead atoms. The van der Waals surface area contributed by atoms with Crippen LogP contribution in [0.1, 0.15) is 19.8 Å². The maximum atomic E-state index is 11.8. The second-order valence-corrected chi connectivity index (χ2v) is 4.35. The van der Waals surface area contributed by atoms with Gasteiger partial charge in [-0.1, -0.05) is 31.0 Å². The molecule has 0 aliphatic heterocycles. The molecule has 1 rings (SSSR count). The van der Waals surface area contributed by atoms with Gasteiger partial charge in [-0.15, -0.1) is 6.58 Å². The first-order chi connectivity index (χ1) is 8.60. The van der Waals surface area contributed by atoms with Crippen LogP contribution in [0.5, 0.6) is 0 Å². The third-order valence-corrected chi connectivity index (χ3v) is 2.80. The Morgan fingerprint density at radius 1 is 1.72 bits per heavy atom. The van der Waals surface area contributed by atoms with Crippen LogP contribution in [0.25, 0.3) is 0 Å². The van der Waals surface area contributed by atoms with E-state index < -0.39 is 6.10 Å². The van der Waals surface area contributed by atoms with Gasteiger partial charge in [0.25, 0.3) is 5.56 Å². The Hall–Kier alpha value is -1.33. The molecule has 1 unspecified atom stereocenters. The maximum absolute atomic E-state index is 11.8. The van der Waals surface area contributed by atoms with E-state index in [4.69, 9.17) is 11.6 Å². The molecule has 0 fully saturated rings. The van der Waals surface area contributed by atoms with Crippen LogP contribution in [0.2, 0.25) is 5.02 Å². The Morgan fingerprint density at radius 3 is 3.06 bits per heavy atom. The van der Waals surface area contributed by atoms with Crippen LogP contribution >= 0.6 is 11.6 Å². The Balaban J connectivity index is 2.76. The van der Waals surface area contributed by atoms with Gasteiger partial charge in [-0.25, -0.2) is 4.68 Å². The minimum atomic E-state index is -0.457. The average molecular weight is 272 g/mol. The number of halogens is 1. The molecule has 2 N–H and O–H groups in total. The number of hydrogen-bond acceptors (Lipinski definition) is 4. The highest BCUT2D eigenvalue weighted by Crippen LogP contribution is 2.15. The van der Waals surface area contributed by atoms with Gasteiger partial charge in [-0.05, 0) is 6.42 Å². The second kappa shape index (κ2) is 7.18. The first-order valence-electron chi connectivity index (χ1n) is 5.88. The van der Waals surface area contributed by atoms with E-state index in [0.717, 1.165) is 6.42 Å². The normalized spacial score (nSPS) is 12.2. The Bertz CT molecular complexity index is 459. The minimum Gasteiger partial charge on any atom is -0.391 e. The van der Waals surface area contributed by atoms with Crippen LogP contribution < -0.4 is 10.9 Å². The molecular weight excluding hydrogens is 254 g/mol. The lowest BCUT2D eigenvalue weighted by molar-refractivity contribution is 0.176. The number of allylic oxidation sites excluding steroid dienone is 1. The predicted molar refractivity (Wildman–Crippen MR) is 73.1 cm³/mol. The van der Waals surface area contributed by atoms with Crippen LogP contribution in [0.4, 0.5) is 5.69 Å². The quantitative estimate of drug-likeness (QED) is 0.740. The second-order valence-electron chi connectivity index (χ2n) is 3.97. The van der Waals surface area contributed by atoms with Crippen molar-refractivity contribution in [1.29, 1.82) is 0 Å². The molecule has 18 heavy (non-hydrogen) atoms. The summed E-state index contributed by atoms with van der Waals surface area (Å²) < 4.78 is 1.23. The van der Waals surface area contributed by atoms with E-state index in [-0.39, 0.29) is 10.6 Å². The van der Waals surface area contributed by atoms with Crippen molar-refractivity contribution in [3.8, 4) is 0 Å². The fourth-order valence-corrected chi connectivity index (χ4v) is 1.72. The summed E-state index contributed by atoms with van der Waals surface area (Å²) in [6.45, 7) is 6.20. The van der Waals surface area contributed by atoms with Crippen molar-refractivity contribution in [2.75, 3.05) is 11.9 Å². The fraction of sp³-hybridized carbons (Fsp3) is 0.500. The lowest BCUT2D eigenvalue weighted by Crippen LogP contribution is -2.25. The summed E-state index contributed by atoms with van der Waals surface area (Å²) in [5, 5.41) is 16.5. The molecule has 5 nitrogen and oxygen atoms in total. The van der Waals surface area contributed by atoms with Gasteiger partial charge in [0.15, 0.2) is 0 Å². The fourth-order valence-electron chi connectivity index (χ4n) is 1.50. The van der Waals surface area contributed by atoms with Crippen LogP contribution in [-0.4, -0.2) is 27.5 Å². The Labute approximate surface area is 111 Å². The summed E-state index contributed by atoms with van der Waals surface area (Å²) in [5.74, 6) is 0. The van der Waals surface area contributed by atoms with E-state index in [1.54, 1.807) is 6.08 Å². The number of aliphatic hydroxyl groups is 1. The zero-order valence-electron chi connectivity index (χ0n) is 10.4. The van der Waals surface area contributed by atoms with E-state index >= 15 is 0 Å². The standard InChI is InChI=1S/C12H18ClN3O2/c1-3-5-9(17)7-14-10-8-15-16(6-4-2)12(18)11(10)13/h4,8-9,14,17H,2-3,5-7H2,1H3. The number of aliphatic hydroxyl groups excluding tert-OH is 1. The van der Waals surface area contributed by atoms with E-state index in [2.05, 4.69) is 17.0 Å². The third-order valence-electron chi connectivity index (χ3n) is 2.44. The highest BCUT2D eigenvalue weighted by Gasteiger charge is 2.09. The zero-order valence-corrected chi connectivity index (χ0v) is 11.2. The predicted octanol–water partition coefficient (Wildman–Crippen LogP) is 1.66. The van der Waals surface area contributed by atoms with Crippen molar-refractivity contribution < 1.29 is 5.11 Å². The van der Waals surface area contributed by atoms with Gasteiger partial charge in [0.2, 0.25) is 0 Å². The molecular formula is C12H18ClN3O2. The van der Waals surface area contributed by atoms with Gasteiger partial charge >= 0.3 is 0 Å². The number of hydrogen-bond donors (Lipinski definition) is 2. The Morgan fingerprint density at radius 2 is 2.44 bits per heavy atom. The summed E-state index contributed by atoms with van der Waals surface area (Å²) in [6, 6.07) is 0. The molecule has 0 amide bonds. The molecule has 100 valence electrons. The molecule has 0 aliphatic carbocycles. The summed E-state index contributed by atoms with van der Waals surface area (Å²) in [7, 11) is 0. The number of rotatable bonds is 7. The maximum Gasteiger partial charge on any atom is 0.287 e. The molecule has 1 aromatic heterocycles. The highest BCUT2D eigenvalue weighted by molar-refractivity contribution is 6.32. The van der Waals surface area contributed by atoms with Crippen molar-refractivity contribution in [2.24, 2.45) is 0 Å². The zero-order chi connectivity index (χ0) is 13.5. The molecule has 0 radical (unpaired) electrons. The molecule has 0 saturated heterocycles. The average Bonchev–Trinajstić information content (AvgIpc) is 2.35. The molecule has 6 heteroatoms. The number of nitrogens with zero attached hydrogens (tertiary/aromatic N) is 2. The summed E-state index contributed by atoms with van der Waals surface area (Å²) in [6.07, 6.45) is 4.19. The number of aromatic nitrogens is 2. The largest absolute Gasteiger partial charge is 0.391 e. The molecule has 1 atom stereocenters. The topological polar surface area (TPSA) is 67.2 Å². The number of anilines is 1. The van der Waals surface area contributed by atoms with Crippen molar-refractivity contribution in [2.45, 2.75) is 32.4 Å². The van der Waals surface area contributed by atoms with Gasteiger partial charge < -0.3 is 10.4 Å². The lowest BCUT2D eigenvalue weighted by Gasteiger charge is -2.13. The summed E-state index contributed by atoms with van der Waals surface area (Å²) >= 11 is 5.94. The van der Waals surface area contributed by atoms with Crippen molar-refractivity contribution in [1.82, 2.24) is 9.78 Å². The summed E-state index contributed by atoms with van der Waals surface area (Å²) in [4.78, 5) is 11.8. The van der Waals surface area contributed by atoms with Crippen LogP contribution in [0, 0.1) is 0 Å². The summed E-state index contributed by atoms with van der Waals surface area (Å²) in [5.41, 5.74) is 0.0729. The first kappa shape index (κ1) is 14.7. The highest BCUT2D eigenvalue weighted by atomic mass is 35.5. The van der Waals surface area contributed by atoms with Crippen LogP contribution in [0.15, 0.2) is 23.6 Å². The van der Waals surface area contributed by atoms with E-state index in [0.29, 0.717) is 25.2 Å². The van der Waals surface area contributed by atoms with Gasteiger partial charge in [0.05, 0.1) is 24.5 Å². The van der Waals surface area contributed by atoms with Crippen LogP contribution in [-0.2, 0) is 6.54 Å². The van der Waals surface area contributed by atoms with E-state index in [1.165, 1.54) is 10.9 Å². The number of nitrogens with one attached hydrogen (secondary N) is 1. The molecule has 0 aliphatic rings. The van der Waals surface area contributed by atoms with E-state index in [9.17, 15) is 9.90 Å². The molecule has 1 heterocycles. The molecule has 1 aromatic rings. The molecule has 0 aromatic carbocycles. The van der Waals surface area contributed by atoms with Gasteiger partial charge in [0, 0.05) is 6.54 Å². The molecule has 0 spiro atoms. The smallest absolute Gasteiger partial charge is 0.287 e. The minimum absolute atomic E-state index is 0.0792. The first-order valence-corrected chi connectivity index (χ1v) is 6.26. The van der Waals surface area contributed by atoms with Crippen LogP contribution in [0.3, 0.4) is 0 Å². The van der Waals surface area contributed by atoms with Crippen molar-refractivity contribution in [3.05, 3.63) is 34.2 Å². The van der Waals surface area contributed by atoms with Gasteiger partial charge in [0.1, 0.15) is 5.02 Å². The van der Waals surface area contributed by atoms with Crippen molar-refractivity contribution in [3.63, 3.8) is 0 Å². The van der Waals surface area contributed by atoms with Crippen molar-refractivity contribution >= 4 is 17.3 Å². The molecule has 0 saturated carbocycles. The van der Waals surface area contributed by atoms with E-state index in [1.807, 2.05) is 6.92 Å². The Kier molecular flexibility index (Phi) is 5.88.